The highest BCUT2D eigenvalue weighted by molar-refractivity contribution is 5.85. The zero-order chi connectivity index (χ0) is 13.7. The average Bonchev–Trinajstić information content (AvgIpc) is 2.42. The van der Waals surface area contributed by atoms with Crippen LogP contribution in [0, 0.1) is 11.6 Å². The standard InChI is InChI=1S/C15H22F2N2.ClH/c1-2-3-4-15(19-9-7-18-8-10-19)13-6-5-12(16)11-14(13)17;/h5-6,11,15,18H,2-4,7-10H2,1H3;1H/t15-;/m0./s1. The van der Waals surface area contributed by atoms with Crippen LogP contribution in [0.4, 0.5) is 8.78 Å². The van der Waals surface area contributed by atoms with Crippen molar-refractivity contribution in [3.05, 3.63) is 35.4 Å². The topological polar surface area (TPSA) is 15.3 Å². The van der Waals surface area contributed by atoms with Gasteiger partial charge in [0.2, 0.25) is 0 Å². The van der Waals surface area contributed by atoms with Gasteiger partial charge in [-0.3, -0.25) is 4.90 Å². The van der Waals surface area contributed by atoms with Crippen molar-refractivity contribution >= 4 is 12.4 Å². The van der Waals surface area contributed by atoms with E-state index in [1.807, 2.05) is 0 Å². The molecule has 1 fully saturated rings. The summed E-state index contributed by atoms with van der Waals surface area (Å²) in [6, 6.07) is 4.03. The van der Waals surface area contributed by atoms with Crippen LogP contribution in [0.2, 0.25) is 0 Å². The van der Waals surface area contributed by atoms with Gasteiger partial charge in [0.1, 0.15) is 11.6 Å². The van der Waals surface area contributed by atoms with Gasteiger partial charge >= 0.3 is 0 Å². The number of hydrogen-bond acceptors (Lipinski definition) is 2. The summed E-state index contributed by atoms with van der Waals surface area (Å²) in [7, 11) is 0. The lowest BCUT2D eigenvalue weighted by atomic mass is 9.98. The van der Waals surface area contributed by atoms with Crippen LogP contribution < -0.4 is 5.32 Å². The van der Waals surface area contributed by atoms with Gasteiger partial charge in [-0.1, -0.05) is 25.8 Å². The Hall–Kier alpha value is -0.710. The first-order valence-electron chi connectivity index (χ1n) is 7.12. The minimum absolute atomic E-state index is 0. The normalized spacial score (nSPS) is 17.6. The molecule has 2 nitrogen and oxygen atoms in total. The summed E-state index contributed by atoms with van der Waals surface area (Å²) in [6.07, 6.45) is 3.08. The number of halogens is 3. The van der Waals surface area contributed by atoms with Gasteiger partial charge in [-0.05, 0) is 12.5 Å². The number of benzene rings is 1. The number of piperazine rings is 1. The number of nitrogens with zero attached hydrogens (tertiary/aromatic N) is 1. The molecular formula is C15H23ClF2N2. The van der Waals surface area contributed by atoms with Crippen LogP contribution in [0.3, 0.4) is 0 Å². The summed E-state index contributed by atoms with van der Waals surface area (Å²) in [5, 5.41) is 3.31. The molecule has 0 amide bonds. The molecule has 5 heteroatoms. The van der Waals surface area contributed by atoms with Gasteiger partial charge in [0.15, 0.2) is 0 Å². The Kier molecular flexibility index (Phi) is 7.41. The van der Waals surface area contributed by atoms with Crippen LogP contribution in [0.25, 0.3) is 0 Å². The van der Waals surface area contributed by atoms with Gasteiger partial charge in [-0.2, -0.15) is 0 Å². The van der Waals surface area contributed by atoms with Crippen molar-refractivity contribution in [2.75, 3.05) is 26.2 Å². The third-order valence-electron chi connectivity index (χ3n) is 3.74. The maximum atomic E-state index is 14.0. The van der Waals surface area contributed by atoms with Crippen molar-refractivity contribution in [2.45, 2.75) is 32.2 Å². The van der Waals surface area contributed by atoms with Crippen molar-refractivity contribution in [1.29, 1.82) is 0 Å². The van der Waals surface area contributed by atoms with Crippen molar-refractivity contribution in [3.63, 3.8) is 0 Å². The lowest BCUT2D eigenvalue weighted by Crippen LogP contribution is -2.45. The largest absolute Gasteiger partial charge is 0.314 e. The Balaban J connectivity index is 0.00000200. The van der Waals surface area contributed by atoms with Crippen LogP contribution in [0.1, 0.15) is 37.8 Å². The van der Waals surface area contributed by atoms with E-state index in [-0.39, 0.29) is 18.4 Å². The fraction of sp³-hybridized carbons (Fsp3) is 0.600. The molecular weight excluding hydrogens is 282 g/mol. The SMILES string of the molecule is CCCC[C@@H](c1ccc(F)cc1F)N1CCNCC1.Cl. The van der Waals surface area contributed by atoms with Gasteiger partial charge in [0.25, 0.3) is 0 Å². The van der Waals surface area contributed by atoms with Gasteiger partial charge in [-0.25, -0.2) is 8.78 Å². The quantitative estimate of drug-likeness (QED) is 0.895. The number of nitrogens with one attached hydrogen (secondary N) is 1. The predicted molar refractivity (Wildman–Crippen MR) is 80.3 cm³/mol. The van der Waals surface area contributed by atoms with E-state index >= 15 is 0 Å². The third kappa shape index (κ3) is 4.40. The molecule has 0 saturated carbocycles. The van der Waals surface area contributed by atoms with Crippen molar-refractivity contribution in [2.24, 2.45) is 0 Å². The van der Waals surface area contributed by atoms with Crippen LogP contribution in [-0.4, -0.2) is 31.1 Å². The molecule has 0 spiro atoms. The number of hydrogen-bond donors (Lipinski definition) is 1. The molecule has 0 bridgehead atoms. The first-order valence-corrected chi connectivity index (χ1v) is 7.12. The Morgan fingerprint density at radius 1 is 1.25 bits per heavy atom. The Bertz CT molecular complexity index is 409. The highest BCUT2D eigenvalue weighted by Crippen LogP contribution is 2.29. The zero-order valence-electron chi connectivity index (χ0n) is 11.9. The summed E-state index contributed by atoms with van der Waals surface area (Å²) in [4.78, 5) is 2.31. The maximum Gasteiger partial charge on any atom is 0.130 e. The van der Waals surface area contributed by atoms with E-state index in [0.29, 0.717) is 5.56 Å². The van der Waals surface area contributed by atoms with Gasteiger partial charge in [0, 0.05) is 43.9 Å². The smallest absolute Gasteiger partial charge is 0.130 e. The van der Waals surface area contributed by atoms with Crippen LogP contribution in [0.5, 0.6) is 0 Å². The molecule has 1 aromatic carbocycles. The van der Waals surface area contributed by atoms with E-state index in [1.165, 1.54) is 6.07 Å². The highest BCUT2D eigenvalue weighted by atomic mass is 35.5. The molecule has 0 radical (unpaired) electrons. The first kappa shape index (κ1) is 17.3. The second kappa shape index (κ2) is 8.55. The molecule has 1 N–H and O–H groups in total. The molecule has 0 aliphatic carbocycles. The molecule has 114 valence electrons. The van der Waals surface area contributed by atoms with Crippen LogP contribution in [-0.2, 0) is 0 Å². The van der Waals surface area contributed by atoms with Crippen LogP contribution >= 0.6 is 12.4 Å². The Morgan fingerprint density at radius 2 is 1.95 bits per heavy atom. The Labute approximate surface area is 126 Å². The molecule has 20 heavy (non-hydrogen) atoms. The van der Waals surface area contributed by atoms with Crippen molar-refractivity contribution < 1.29 is 8.78 Å². The van der Waals surface area contributed by atoms with Gasteiger partial charge in [-0.15, -0.1) is 12.4 Å². The number of unbranched alkanes of at least 4 members (excludes halogenated alkanes) is 1. The second-order valence-electron chi connectivity index (χ2n) is 5.11. The maximum absolute atomic E-state index is 14.0. The summed E-state index contributed by atoms with van der Waals surface area (Å²) >= 11 is 0. The van der Waals surface area contributed by atoms with E-state index in [2.05, 4.69) is 17.1 Å². The average molecular weight is 305 g/mol. The fourth-order valence-electron chi connectivity index (χ4n) is 2.70. The molecule has 1 aliphatic heterocycles. The minimum atomic E-state index is -0.504. The summed E-state index contributed by atoms with van der Waals surface area (Å²) in [6.45, 7) is 5.85. The second-order valence-corrected chi connectivity index (χ2v) is 5.11. The molecule has 2 rings (SSSR count). The first-order chi connectivity index (χ1) is 9.22. The van der Waals surface area contributed by atoms with Crippen LogP contribution in [0.15, 0.2) is 18.2 Å². The summed E-state index contributed by atoms with van der Waals surface area (Å²) in [5.74, 6) is -0.921. The monoisotopic (exact) mass is 304 g/mol. The van der Waals surface area contributed by atoms with Crippen molar-refractivity contribution in [3.8, 4) is 0 Å². The highest BCUT2D eigenvalue weighted by Gasteiger charge is 2.24. The van der Waals surface area contributed by atoms with Gasteiger partial charge in [0.05, 0.1) is 0 Å². The molecule has 1 aliphatic rings. The molecule has 1 heterocycles. The van der Waals surface area contributed by atoms with E-state index in [0.717, 1.165) is 51.5 Å². The minimum Gasteiger partial charge on any atom is -0.314 e. The molecule has 1 aromatic rings. The van der Waals surface area contributed by atoms with E-state index in [1.54, 1.807) is 6.07 Å². The van der Waals surface area contributed by atoms with Gasteiger partial charge < -0.3 is 5.32 Å². The van der Waals surface area contributed by atoms with E-state index in [4.69, 9.17) is 0 Å². The lowest BCUT2D eigenvalue weighted by molar-refractivity contribution is 0.160. The zero-order valence-corrected chi connectivity index (χ0v) is 12.7. The molecule has 1 saturated heterocycles. The van der Waals surface area contributed by atoms with Crippen molar-refractivity contribution in [1.82, 2.24) is 10.2 Å². The lowest BCUT2D eigenvalue weighted by Gasteiger charge is -2.35. The Morgan fingerprint density at radius 3 is 2.55 bits per heavy atom. The molecule has 1 atom stereocenters. The summed E-state index contributed by atoms with van der Waals surface area (Å²) in [5.41, 5.74) is 0.636. The number of rotatable bonds is 5. The molecule has 0 unspecified atom stereocenters. The molecule has 0 aromatic heterocycles. The third-order valence-corrected chi connectivity index (χ3v) is 3.74. The fourth-order valence-corrected chi connectivity index (χ4v) is 2.70. The van der Waals surface area contributed by atoms with E-state index in [9.17, 15) is 8.78 Å². The predicted octanol–water partition coefficient (Wildman–Crippen LogP) is 3.52. The van der Waals surface area contributed by atoms with E-state index < -0.39 is 11.6 Å². The summed E-state index contributed by atoms with van der Waals surface area (Å²) < 4.78 is 27.0.